The molecule has 2 amide bonds. The number of carbonyl (C=O) groups is 2. The van der Waals surface area contributed by atoms with Crippen LogP contribution in [-0.2, 0) is 16.0 Å². The number of nitrogens with one attached hydrogen (secondary N) is 1. The van der Waals surface area contributed by atoms with Gasteiger partial charge >= 0.3 is 0 Å². The van der Waals surface area contributed by atoms with E-state index in [0.29, 0.717) is 39.0 Å². The lowest BCUT2D eigenvalue weighted by atomic mass is 9.89. The van der Waals surface area contributed by atoms with Crippen LogP contribution in [0.3, 0.4) is 0 Å². The molecular weight excluding hydrogens is 338 g/mol. The maximum absolute atomic E-state index is 12.6. The van der Waals surface area contributed by atoms with Gasteiger partial charge in [-0.05, 0) is 23.6 Å². The van der Waals surface area contributed by atoms with Crippen LogP contribution in [0.5, 0.6) is 0 Å². The number of rotatable bonds is 7. The Morgan fingerprint density at radius 2 is 1.67 bits per heavy atom. The van der Waals surface area contributed by atoms with Crippen molar-refractivity contribution in [2.24, 2.45) is 11.7 Å². The zero-order chi connectivity index (χ0) is 19.1. The first-order valence-electron chi connectivity index (χ1n) is 9.50. The molecule has 2 aromatic rings. The van der Waals surface area contributed by atoms with Crippen LogP contribution in [0.1, 0.15) is 23.5 Å². The van der Waals surface area contributed by atoms with Gasteiger partial charge in [0.25, 0.3) is 0 Å². The fourth-order valence-corrected chi connectivity index (χ4v) is 3.70. The Morgan fingerprint density at radius 3 is 2.33 bits per heavy atom. The van der Waals surface area contributed by atoms with Gasteiger partial charge < -0.3 is 16.0 Å². The SMILES string of the molecule is NC[C@@H]1CN(C(=O)CCNC(=O)Cc2ccccc2)C[C@H]1c1ccccc1. The van der Waals surface area contributed by atoms with Crippen LogP contribution in [-0.4, -0.2) is 42.9 Å². The summed E-state index contributed by atoms with van der Waals surface area (Å²) in [4.78, 5) is 26.4. The topological polar surface area (TPSA) is 75.4 Å². The normalized spacial score (nSPS) is 19.1. The minimum absolute atomic E-state index is 0.0579. The van der Waals surface area contributed by atoms with E-state index < -0.39 is 0 Å². The second-order valence-corrected chi connectivity index (χ2v) is 7.07. The number of likely N-dealkylation sites (tertiary alicyclic amines) is 1. The number of carbonyl (C=O) groups excluding carboxylic acids is 2. The average molecular weight is 365 g/mol. The molecule has 0 aliphatic carbocycles. The van der Waals surface area contributed by atoms with Crippen LogP contribution in [0.25, 0.3) is 0 Å². The lowest BCUT2D eigenvalue weighted by Crippen LogP contribution is -2.34. The van der Waals surface area contributed by atoms with E-state index in [1.165, 1.54) is 5.56 Å². The van der Waals surface area contributed by atoms with Crippen molar-refractivity contribution in [3.63, 3.8) is 0 Å². The summed E-state index contributed by atoms with van der Waals surface area (Å²) in [5.41, 5.74) is 8.15. The predicted octanol–water partition coefficient (Wildman–Crippen LogP) is 1.94. The first-order valence-corrected chi connectivity index (χ1v) is 9.50. The zero-order valence-electron chi connectivity index (χ0n) is 15.5. The highest BCUT2D eigenvalue weighted by Gasteiger charge is 2.34. The van der Waals surface area contributed by atoms with Crippen LogP contribution >= 0.6 is 0 Å². The van der Waals surface area contributed by atoms with E-state index in [1.54, 1.807) is 0 Å². The van der Waals surface area contributed by atoms with Crippen molar-refractivity contribution in [2.45, 2.75) is 18.8 Å². The van der Waals surface area contributed by atoms with Gasteiger partial charge in [-0.3, -0.25) is 9.59 Å². The van der Waals surface area contributed by atoms with E-state index >= 15 is 0 Å². The molecular formula is C22H27N3O2. The van der Waals surface area contributed by atoms with E-state index in [4.69, 9.17) is 5.73 Å². The van der Waals surface area contributed by atoms with Crippen molar-refractivity contribution >= 4 is 11.8 Å². The average Bonchev–Trinajstić information content (AvgIpc) is 3.14. The number of nitrogens with zero attached hydrogens (tertiary/aromatic N) is 1. The molecule has 0 radical (unpaired) electrons. The Hall–Kier alpha value is -2.66. The summed E-state index contributed by atoms with van der Waals surface area (Å²) in [5, 5.41) is 2.84. The van der Waals surface area contributed by atoms with Gasteiger partial charge in [-0.2, -0.15) is 0 Å². The highest BCUT2D eigenvalue weighted by atomic mass is 16.2. The molecule has 0 aromatic heterocycles. The maximum Gasteiger partial charge on any atom is 0.224 e. The lowest BCUT2D eigenvalue weighted by Gasteiger charge is -2.17. The molecule has 27 heavy (non-hydrogen) atoms. The fourth-order valence-electron chi connectivity index (χ4n) is 3.70. The molecule has 2 aromatic carbocycles. The van der Waals surface area contributed by atoms with Gasteiger partial charge in [-0.15, -0.1) is 0 Å². The van der Waals surface area contributed by atoms with Gasteiger partial charge in [-0.1, -0.05) is 60.7 Å². The van der Waals surface area contributed by atoms with Crippen LogP contribution in [0.15, 0.2) is 60.7 Å². The van der Waals surface area contributed by atoms with Crippen molar-refractivity contribution in [3.8, 4) is 0 Å². The number of hydrogen-bond donors (Lipinski definition) is 2. The van der Waals surface area contributed by atoms with E-state index in [1.807, 2.05) is 53.4 Å². The smallest absolute Gasteiger partial charge is 0.224 e. The number of amides is 2. The Labute approximate surface area is 160 Å². The molecule has 0 saturated carbocycles. The second-order valence-electron chi connectivity index (χ2n) is 7.07. The van der Waals surface area contributed by atoms with Crippen molar-refractivity contribution < 1.29 is 9.59 Å². The largest absolute Gasteiger partial charge is 0.355 e. The molecule has 3 rings (SSSR count). The monoisotopic (exact) mass is 365 g/mol. The molecule has 0 bridgehead atoms. The third-order valence-corrected chi connectivity index (χ3v) is 5.19. The van der Waals surface area contributed by atoms with Gasteiger partial charge in [0.2, 0.25) is 11.8 Å². The van der Waals surface area contributed by atoms with Crippen molar-refractivity contribution in [3.05, 3.63) is 71.8 Å². The lowest BCUT2D eigenvalue weighted by molar-refractivity contribution is -0.130. The number of nitrogens with two attached hydrogens (primary N) is 1. The number of hydrogen-bond acceptors (Lipinski definition) is 3. The Balaban J connectivity index is 1.46. The minimum atomic E-state index is -0.0579. The second kappa shape index (κ2) is 9.33. The standard InChI is InChI=1S/C22H27N3O2/c23-14-19-15-25(16-20(19)18-9-5-2-6-10-18)22(27)11-12-24-21(26)13-17-7-3-1-4-8-17/h1-10,19-20H,11-16,23H2,(H,24,26)/t19-,20+/m1/s1. The predicted molar refractivity (Wildman–Crippen MR) is 106 cm³/mol. The van der Waals surface area contributed by atoms with E-state index in [-0.39, 0.29) is 23.7 Å². The summed E-state index contributed by atoms with van der Waals surface area (Å²) in [7, 11) is 0. The molecule has 0 spiro atoms. The molecule has 3 N–H and O–H groups in total. The number of benzene rings is 2. The molecule has 1 aliphatic rings. The molecule has 5 heteroatoms. The Bertz CT molecular complexity index is 749. The van der Waals surface area contributed by atoms with Gasteiger partial charge in [0, 0.05) is 32.0 Å². The van der Waals surface area contributed by atoms with Gasteiger partial charge in [-0.25, -0.2) is 0 Å². The molecule has 1 aliphatic heterocycles. The molecule has 1 heterocycles. The molecule has 1 saturated heterocycles. The van der Waals surface area contributed by atoms with E-state index in [9.17, 15) is 9.59 Å². The molecule has 5 nitrogen and oxygen atoms in total. The molecule has 0 unspecified atom stereocenters. The third-order valence-electron chi connectivity index (χ3n) is 5.19. The highest BCUT2D eigenvalue weighted by Crippen LogP contribution is 2.32. The van der Waals surface area contributed by atoms with Crippen LogP contribution in [0.4, 0.5) is 0 Å². The molecule has 2 atom stereocenters. The minimum Gasteiger partial charge on any atom is -0.355 e. The summed E-state index contributed by atoms with van der Waals surface area (Å²) >= 11 is 0. The quantitative estimate of drug-likeness (QED) is 0.787. The van der Waals surface area contributed by atoms with Crippen LogP contribution in [0, 0.1) is 5.92 Å². The fraction of sp³-hybridized carbons (Fsp3) is 0.364. The zero-order valence-corrected chi connectivity index (χ0v) is 15.5. The van der Waals surface area contributed by atoms with Gasteiger partial charge in [0.1, 0.15) is 0 Å². The third kappa shape index (κ3) is 5.17. The first kappa shape index (κ1) is 19.1. The highest BCUT2D eigenvalue weighted by molar-refractivity contribution is 5.80. The van der Waals surface area contributed by atoms with Crippen molar-refractivity contribution in [1.29, 1.82) is 0 Å². The van der Waals surface area contributed by atoms with Gasteiger partial charge in [0.05, 0.1) is 6.42 Å². The van der Waals surface area contributed by atoms with E-state index in [0.717, 1.165) is 5.56 Å². The summed E-state index contributed by atoms with van der Waals surface area (Å²) in [6, 6.07) is 19.8. The van der Waals surface area contributed by atoms with Crippen LogP contribution in [0.2, 0.25) is 0 Å². The van der Waals surface area contributed by atoms with E-state index in [2.05, 4.69) is 17.4 Å². The summed E-state index contributed by atoms with van der Waals surface area (Å²) < 4.78 is 0. The summed E-state index contributed by atoms with van der Waals surface area (Å²) in [5.74, 6) is 0.584. The van der Waals surface area contributed by atoms with Crippen molar-refractivity contribution in [2.75, 3.05) is 26.2 Å². The summed E-state index contributed by atoms with van der Waals surface area (Å²) in [6.07, 6.45) is 0.656. The van der Waals surface area contributed by atoms with Crippen LogP contribution < -0.4 is 11.1 Å². The molecule has 142 valence electrons. The Morgan fingerprint density at radius 1 is 1.00 bits per heavy atom. The molecule has 1 fully saturated rings. The van der Waals surface area contributed by atoms with Gasteiger partial charge in [0.15, 0.2) is 0 Å². The van der Waals surface area contributed by atoms with Crippen molar-refractivity contribution in [1.82, 2.24) is 10.2 Å². The maximum atomic E-state index is 12.6. The summed E-state index contributed by atoms with van der Waals surface area (Å²) in [6.45, 7) is 2.32. The Kier molecular flexibility index (Phi) is 6.60. The first-order chi connectivity index (χ1) is 13.2.